The highest BCUT2D eigenvalue weighted by molar-refractivity contribution is 7.92. The van der Waals surface area contributed by atoms with Crippen LogP contribution in [-0.2, 0) is 26.7 Å². The van der Waals surface area contributed by atoms with Crippen LogP contribution in [0.2, 0.25) is 5.02 Å². The van der Waals surface area contributed by atoms with Crippen molar-refractivity contribution in [1.29, 1.82) is 0 Å². The largest absolute Gasteiger partial charge is 0.332 e. The lowest BCUT2D eigenvalue weighted by atomic mass is 10.1. The molecule has 0 saturated heterocycles. The van der Waals surface area contributed by atoms with Gasteiger partial charge in [0.2, 0.25) is 0 Å². The molecule has 2 aromatic carbocycles. The van der Waals surface area contributed by atoms with Gasteiger partial charge in [-0.1, -0.05) is 17.7 Å². The smallest absolute Gasteiger partial charge is 0.294 e. The molecule has 0 heterocycles. The highest BCUT2D eigenvalue weighted by atomic mass is 35.5. The number of carbonyl (C=O) groups excluding carboxylic acids is 1. The summed E-state index contributed by atoms with van der Waals surface area (Å²) in [7, 11) is -9.28. The van der Waals surface area contributed by atoms with E-state index in [4.69, 9.17) is 11.6 Å². The molecule has 1 aliphatic carbocycles. The standard InChI is InChI=1S/C15H11ClFNO5S2/c16-13-6-9-4-5-15(19)12(9)8-14(13)18-25(22,23)11-3-1-2-10(7-11)24(17,20)21/h1-3,6-8,18H,4-5H2. The van der Waals surface area contributed by atoms with E-state index in [0.717, 1.165) is 23.8 Å². The molecule has 0 aliphatic heterocycles. The monoisotopic (exact) mass is 403 g/mol. The van der Waals surface area contributed by atoms with E-state index in [2.05, 4.69) is 4.72 Å². The highest BCUT2D eigenvalue weighted by Crippen LogP contribution is 2.33. The van der Waals surface area contributed by atoms with Crippen molar-refractivity contribution < 1.29 is 25.5 Å². The zero-order chi connectivity index (χ0) is 18.4. The first-order valence-electron chi connectivity index (χ1n) is 7.01. The first-order chi connectivity index (χ1) is 11.6. The number of hydrogen-bond acceptors (Lipinski definition) is 5. The van der Waals surface area contributed by atoms with Gasteiger partial charge in [-0.15, -0.1) is 3.89 Å². The van der Waals surface area contributed by atoms with E-state index >= 15 is 0 Å². The zero-order valence-electron chi connectivity index (χ0n) is 12.5. The van der Waals surface area contributed by atoms with Crippen molar-refractivity contribution in [3.05, 3.63) is 52.5 Å². The highest BCUT2D eigenvalue weighted by Gasteiger charge is 2.24. The van der Waals surface area contributed by atoms with E-state index in [9.17, 15) is 25.5 Å². The summed E-state index contributed by atoms with van der Waals surface area (Å²) < 4.78 is 62.1. The number of rotatable bonds is 4. The SMILES string of the molecule is O=C1CCc2cc(Cl)c(NS(=O)(=O)c3cccc(S(=O)(=O)F)c3)cc21. The Morgan fingerprint density at radius 2 is 1.68 bits per heavy atom. The molecule has 25 heavy (non-hydrogen) atoms. The Hall–Kier alpha value is -1.97. The number of carbonyl (C=O) groups is 1. The van der Waals surface area contributed by atoms with Crippen molar-refractivity contribution in [2.24, 2.45) is 0 Å². The maximum atomic E-state index is 13.1. The fourth-order valence-corrected chi connectivity index (χ4v) is 4.53. The molecule has 0 atom stereocenters. The van der Waals surface area contributed by atoms with Gasteiger partial charge in [-0.2, -0.15) is 8.42 Å². The fraction of sp³-hybridized carbons (Fsp3) is 0.133. The summed E-state index contributed by atoms with van der Waals surface area (Å²) in [4.78, 5) is 10.6. The first-order valence-corrected chi connectivity index (χ1v) is 10.3. The maximum Gasteiger partial charge on any atom is 0.332 e. The minimum absolute atomic E-state index is 0.0100. The summed E-state index contributed by atoms with van der Waals surface area (Å²) >= 11 is 6.06. The van der Waals surface area contributed by atoms with E-state index in [1.165, 1.54) is 12.1 Å². The predicted octanol–water partition coefficient (Wildman–Crippen LogP) is 2.93. The Morgan fingerprint density at radius 1 is 1.00 bits per heavy atom. The molecule has 10 heteroatoms. The van der Waals surface area contributed by atoms with Gasteiger partial charge in [-0.3, -0.25) is 9.52 Å². The minimum atomic E-state index is -5.04. The number of aryl methyl sites for hydroxylation is 1. The molecule has 2 aromatic rings. The van der Waals surface area contributed by atoms with Gasteiger partial charge in [0.05, 0.1) is 20.5 Å². The van der Waals surface area contributed by atoms with Crippen LogP contribution in [0.5, 0.6) is 0 Å². The van der Waals surface area contributed by atoms with Gasteiger partial charge < -0.3 is 0 Å². The molecule has 0 spiro atoms. The Bertz CT molecular complexity index is 1100. The number of fused-ring (bicyclic) bond motifs is 1. The van der Waals surface area contributed by atoms with Crippen LogP contribution in [0.4, 0.5) is 9.57 Å². The van der Waals surface area contributed by atoms with E-state index in [1.807, 2.05) is 0 Å². The summed E-state index contributed by atoms with van der Waals surface area (Å²) in [5.74, 6) is -0.113. The van der Waals surface area contributed by atoms with Gasteiger partial charge in [0.1, 0.15) is 0 Å². The lowest BCUT2D eigenvalue weighted by Gasteiger charge is -2.12. The number of benzene rings is 2. The third-order valence-corrected chi connectivity index (χ3v) is 6.25. The molecule has 0 amide bonds. The molecule has 0 saturated carbocycles. The van der Waals surface area contributed by atoms with Crippen molar-refractivity contribution in [3.63, 3.8) is 0 Å². The van der Waals surface area contributed by atoms with Crippen LogP contribution in [0.25, 0.3) is 0 Å². The van der Waals surface area contributed by atoms with Crippen molar-refractivity contribution >= 4 is 43.3 Å². The van der Waals surface area contributed by atoms with Crippen molar-refractivity contribution in [2.45, 2.75) is 22.6 Å². The molecular weight excluding hydrogens is 393 g/mol. The second-order valence-electron chi connectivity index (χ2n) is 5.43. The molecule has 3 rings (SSSR count). The third kappa shape index (κ3) is 3.53. The normalized spacial score (nSPS) is 14.4. The Morgan fingerprint density at radius 3 is 2.36 bits per heavy atom. The second-order valence-corrected chi connectivity index (χ2v) is 8.87. The third-order valence-electron chi connectivity index (χ3n) is 3.76. The van der Waals surface area contributed by atoms with E-state index in [1.54, 1.807) is 0 Å². The van der Waals surface area contributed by atoms with E-state index in [-0.39, 0.29) is 16.5 Å². The first kappa shape index (κ1) is 17.8. The maximum absolute atomic E-state index is 13.1. The summed E-state index contributed by atoms with van der Waals surface area (Å²) in [5.41, 5.74) is 1.12. The summed E-state index contributed by atoms with van der Waals surface area (Å²) in [6, 6.07) is 6.72. The van der Waals surface area contributed by atoms with Crippen molar-refractivity contribution in [1.82, 2.24) is 0 Å². The molecule has 0 fully saturated rings. The van der Waals surface area contributed by atoms with Gasteiger partial charge in [0.15, 0.2) is 5.78 Å². The number of nitrogens with one attached hydrogen (secondary N) is 1. The average molecular weight is 404 g/mol. The molecule has 0 radical (unpaired) electrons. The van der Waals surface area contributed by atoms with Crippen LogP contribution in [0.15, 0.2) is 46.2 Å². The van der Waals surface area contributed by atoms with Gasteiger partial charge in [-0.05, 0) is 42.3 Å². The molecule has 0 unspecified atom stereocenters. The van der Waals surface area contributed by atoms with Crippen LogP contribution >= 0.6 is 11.6 Å². The Labute approximate surface area is 148 Å². The fourth-order valence-electron chi connectivity index (χ4n) is 2.54. The van der Waals surface area contributed by atoms with Crippen LogP contribution in [-0.4, -0.2) is 22.6 Å². The van der Waals surface area contributed by atoms with Crippen molar-refractivity contribution in [3.8, 4) is 0 Å². The Kier molecular flexibility index (Phi) is 4.34. The number of anilines is 1. The molecule has 1 N–H and O–H groups in total. The predicted molar refractivity (Wildman–Crippen MR) is 89.6 cm³/mol. The minimum Gasteiger partial charge on any atom is -0.294 e. The molecule has 1 aliphatic rings. The van der Waals surface area contributed by atoms with Crippen LogP contribution in [0, 0.1) is 0 Å². The molecule has 132 valence electrons. The average Bonchev–Trinajstić information content (AvgIpc) is 2.87. The molecular formula is C15H11ClFNO5S2. The van der Waals surface area contributed by atoms with Gasteiger partial charge in [0.25, 0.3) is 10.0 Å². The van der Waals surface area contributed by atoms with Gasteiger partial charge in [-0.25, -0.2) is 8.42 Å². The quantitative estimate of drug-likeness (QED) is 0.791. The topological polar surface area (TPSA) is 97.4 Å². The molecule has 0 aromatic heterocycles. The summed E-state index contributed by atoms with van der Waals surface area (Å²) in [6.07, 6.45) is 0.871. The number of Topliss-reactive ketones (excluding diaryl/α,β-unsaturated/α-hetero) is 1. The number of halogens is 2. The van der Waals surface area contributed by atoms with Crippen LogP contribution < -0.4 is 4.72 Å². The molecule has 6 nitrogen and oxygen atoms in total. The van der Waals surface area contributed by atoms with E-state index < -0.39 is 30.0 Å². The lowest BCUT2D eigenvalue weighted by Crippen LogP contribution is -2.14. The summed E-state index contributed by atoms with van der Waals surface area (Å²) in [5, 5.41) is 0.103. The number of hydrogen-bond donors (Lipinski definition) is 1. The van der Waals surface area contributed by atoms with Gasteiger partial charge in [0, 0.05) is 12.0 Å². The van der Waals surface area contributed by atoms with Gasteiger partial charge >= 0.3 is 10.2 Å². The van der Waals surface area contributed by atoms with Crippen molar-refractivity contribution in [2.75, 3.05) is 4.72 Å². The van der Waals surface area contributed by atoms with Crippen LogP contribution in [0.3, 0.4) is 0 Å². The second kappa shape index (κ2) is 6.08. The summed E-state index contributed by atoms with van der Waals surface area (Å²) in [6.45, 7) is 0. The number of sulfonamides is 1. The lowest BCUT2D eigenvalue weighted by molar-refractivity contribution is 0.0994. The van der Waals surface area contributed by atoms with E-state index in [0.29, 0.717) is 24.5 Å². The number of ketones is 1. The molecule has 0 bridgehead atoms. The Balaban J connectivity index is 2.01. The zero-order valence-corrected chi connectivity index (χ0v) is 14.9. The van der Waals surface area contributed by atoms with Crippen LogP contribution in [0.1, 0.15) is 22.3 Å².